The summed E-state index contributed by atoms with van der Waals surface area (Å²) >= 11 is 0. The molecule has 6 heteroatoms. The lowest BCUT2D eigenvalue weighted by molar-refractivity contribution is -0.119. The Hall–Kier alpha value is -1.30. The van der Waals surface area contributed by atoms with Crippen molar-refractivity contribution in [2.75, 3.05) is 18.0 Å². The van der Waals surface area contributed by atoms with Gasteiger partial charge < -0.3 is 10.6 Å². The molecule has 19 heavy (non-hydrogen) atoms. The molecule has 0 amide bonds. The van der Waals surface area contributed by atoms with Gasteiger partial charge in [-0.25, -0.2) is 0 Å². The topological polar surface area (TPSA) is 42.1 Å². The molecule has 108 valence electrons. The largest absolute Gasteiger partial charge is 0.405 e. The van der Waals surface area contributed by atoms with E-state index in [0.29, 0.717) is 24.3 Å². The highest BCUT2D eigenvalue weighted by molar-refractivity contribution is 5.45. The first kappa shape index (κ1) is 15.8. The number of nitrogens with two attached hydrogens (primary N) is 1. The third-order valence-corrected chi connectivity index (χ3v) is 2.82. The summed E-state index contributed by atoms with van der Waals surface area (Å²) in [7, 11) is 0. The molecule has 1 aromatic rings. The van der Waals surface area contributed by atoms with Gasteiger partial charge in [-0.2, -0.15) is 13.2 Å². The van der Waals surface area contributed by atoms with Crippen molar-refractivity contribution < 1.29 is 13.2 Å². The van der Waals surface area contributed by atoms with E-state index in [9.17, 15) is 13.2 Å². The SMILES string of the molecule is CCCN(CC(F)(F)F)c1ccc(C(N)CC)nc1. The van der Waals surface area contributed by atoms with Crippen LogP contribution in [0, 0.1) is 0 Å². The predicted octanol–water partition coefficient (Wildman–Crippen LogP) is 3.27. The number of hydrogen-bond donors (Lipinski definition) is 1. The van der Waals surface area contributed by atoms with E-state index in [2.05, 4.69) is 4.98 Å². The Labute approximate surface area is 111 Å². The van der Waals surface area contributed by atoms with Crippen molar-refractivity contribution in [1.82, 2.24) is 4.98 Å². The molecule has 0 spiro atoms. The Kier molecular flexibility index (Phi) is 5.60. The molecule has 0 saturated carbocycles. The van der Waals surface area contributed by atoms with Crippen LogP contribution in [0.2, 0.25) is 0 Å². The van der Waals surface area contributed by atoms with E-state index in [-0.39, 0.29) is 6.04 Å². The Morgan fingerprint density at radius 2 is 2.00 bits per heavy atom. The molecule has 1 atom stereocenters. The fraction of sp³-hybridized carbons (Fsp3) is 0.615. The van der Waals surface area contributed by atoms with Gasteiger partial charge in [0.15, 0.2) is 0 Å². The van der Waals surface area contributed by atoms with Crippen molar-refractivity contribution in [3.8, 4) is 0 Å². The lowest BCUT2D eigenvalue weighted by Crippen LogP contribution is -2.35. The van der Waals surface area contributed by atoms with Crippen molar-refractivity contribution in [3.63, 3.8) is 0 Å². The fourth-order valence-corrected chi connectivity index (χ4v) is 1.80. The van der Waals surface area contributed by atoms with Crippen molar-refractivity contribution in [2.24, 2.45) is 5.73 Å². The number of pyridine rings is 1. The molecule has 0 aliphatic rings. The maximum Gasteiger partial charge on any atom is 0.405 e. The molecule has 0 aliphatic heterocycles. The molecule has 0 saturated heterocycles. The van der Waals surface area contributed by atoms with Gasteiger partial charge in [-0.15, -0.1) is 0 Å². The number of halogens is 3. The summed E-state index contributed by atoms with van der Waals surface area (Å²) in [6.07, 6.45) is -1.36. The zero-order valence-electron chi connectivity index (χ0n) is 11.2. The van der Waals surface area contributed by atoms with Gasteiger partial charge in [-0.1, -0.05) is 13.8 Å². The molecule has 0 fully saturated rings. The number of rotatable bonds is 6. The minimum Gasteiger partial charge on any atom is -0.361 e. The van der Waals surface area contributed by atoms with Crippen LogP contribution < -0.4 is 10.6 Å². The summed E-state index contributed by atoms with van der Waals surface area (Å²) in [5.74, 6) is 0. The van der Waals surface area contributed by atoms with Gasteiger partial charge >= 0.3 is 6.18 Å². The van der Waals surface area contributed by atoms with E-state index in [4.69, 9.17) is 5.73 Å². The Balaban J connectivity index is 2.85. The van der Waals surface area contributed by atoms with E-state index in [1.165, 1.54) is 11.1 Å². The second kappa shape index (κ2) is 6.75. The molecule has 3 nitrogen and oxygen atoms in total. The first-order valence-electron chi connectivity index (χ1n) is 6.40. The first-order chi connectivity index (χ1) is 8.87. The second-order valence-electron chi connectivity index (χ2n) is 4.49. The van der Waals surface area contributed by atoms with Gasteiger partial charge in [0.25, 0.3) is 0 Å². The lowest BCUT2D eigenvalue weighted by Gasteiger charge is -2.25. The van der Waals surface area contributed by atoms with Gasteiger partial charge in [-0.3, -0.25) is 4.98 Å². The highest BCUT2D eigenvalue weighted by Crippen LogP contribution is 2.23. The monoisotopic (exact) mass is 275 g/mol. The van der Waals surface area contributed by atoms with Crippen LogP contribution >= 0.6 is 0 Å². The number of nitrogens with zero attached hydrogens (tertiary/aromatic N) is 2. The van der Waals surface area contributed by atoms with E-state index in [1.807, 2.05) is 13.8 Å². The van der Waals surface area contributed by atoms with Gasteiger partial charge in [0, 0.05) is 12.6 Å². The summed E-state index contributed by atoms with van der Waals surface area (Å²) in [6, 6.07) is 3.18. The van der Waals surface area contributed by atoms with Crippen LogP contribution in [0.3, 0.4) is 0 Å². The standard InChI is InChI=1S/C13H20F3N3/c1-3-7-19(9-13(14,15)16)10-5-6-12(18-8-10)11(17)4-2/h5-6,8,11H,3-4,7,9,17H2,1-2H3. The van der Waals surface area contributed by atoms with Crippen LogP contribution in [-0.2, 0) is 0 Å². The van der Waals surface area contributed by atoms with Gasteiger partial charge in [0.2, 0.25) is 0 Å². The molecule has 0 radical (unpaired) electrons. The number of alkyl halides is 3. The number of hydrogen-bond acceptors (Lipinski definition) is 3. The van der Waals surface area contributed by atoms with E-state index in [1.54, 1.807) is 12.1 Å². The minimum absolute atomic E-state index is 0.170. The zero-order valence-corrected chi connectivity index (χ0v) is 11.2. The molecule has 0 aliphatic carbocycles. The third kappa shape index (κ3) is 5.06. The minimum atomic E-state index is -4.21. The van der Waals surface area contributed by atoms with Crippen LogP contribution in [0.25, 0.3) is 0 Å². The van der Waals surface area contributed by atoms with Crippen LogP contribution in [-0.4, -0.2) is 24.2 Å². The average molecular weight is 275 g/mol. The predicted molar refractivity (Wildman–Crippen MR) is 70.0 cm³/mol. The van der Waals surface area contributed by atoms with Crippen molar-refractivity contribution in [2.45, 2.75) is 38.9 Å². The fourth-order valence-electron chi connectivity index (χ4n) is 1.80. The normalized spacial score (nSPS) is 13.4. The Bertz CT molecular complexity index is 376. The highest BCUT2D eigenvalue weighted by atomic mass is 19.4. The van der Waals surface area contributed by atoms with Crippen LogP contribution in [0.5, 0.6) is 0 Å². The molecule has 1 heterocycles. The maximum atomic E-state index is 12.5. The zero-order chi connectivity index (χ0) is 14.5. The van der Waals surface area contributed by atoms with E-state index in [0.717, 1.165) is 6.42 Å². The smallest absolute Gasteiger partial charge is 0.361 e. The van der Waals surface area contributed by atoms with Gasteiger partial charge in [0.1, 0.15) is 6.54 Å². The quantitative estimate of drug-likeness (QED) is 0.866. The van der Waals surface area contributed by atoms with Crippen molar-refractivity contribution in [1.29, 1.82) is 0 Å². The van der Waals surface area contributed by atoms with Gasteiger partial charge in [-0.05, 0) is 25.0 Å². The van der Waals surface area contributed by atoms with Crippen molar-refractivity contribution >= 4 is 5.69 Å². The maximum absolute atomic E-state index is 12.5. The Morgan fingerprint density at radius 1 is 1.32 bits per heavy atom. The van der Waals surface area contributed by atoms with Crippen LogP contribution in [0.4, 0.5) is 18.9 Å². The molecule has 0 bridgehead atoms. The molecule has 1 unspecified atom stereocenters. The van der Waals surface area contributed by atoms with Crippen LogP contribution in [0.15, 0.2) is 18.3 Å². The second-order valence-corrected chi connectivity index (χ2v) is 4.49. The summed E-state index contributed by atoms with van der Waals surface area (Å²) in [5, 5.41) is 0. The number of aromatic nitrogens is 1. The highest BCUT2D eigenvalue weighted by Gasteiger charge is 2.30. The number of anilines is 1. The Morgan fingerprint density at radius 3 is 2.42 bits per heavy atom. The lowest BCUT2D eigenvalue weighted by atomic mass is 10.1. The third-order valence-electron chi connectivity index (χ3n) is 2.82. The van der Waals surface area contributed by atoms with Gasteiger partial charge in [0.05, 0.1) is 17.6 Å². The van der Waals surface area contributed by atoms with Crippen molar-refractivity contribution in [3.05, 3.63) is 24.0 Å². The van der Waals surface area contributed by atoms with E-state index < -0.39 is 12.7 Å². The summed E-state index contributed by atoms with van der Waals surface area (Å²) < 4.78 is 37.5. The average Bonchev–Trinajstić information content (AvgIpc) is 2.36. The molecule has 2 N–H and O–H groups in total. The summed E-state index contributed by atoms with van der Waals surface area (Å²) in [5.41, 5.74) is 7.01. The molecular formula is C13H20F3N3. The molecule has 1 aromatic heterocycles. The first-order valence-corrected chi connectivity index (χ1v) is 6.40. The molecule has 0 aromatic carbocycles. The molecular weight excluding hydrogens is 255 g/mol. The molecule has 1 rings (SSSR count). The van der Waals surface area contributed by atoms with E-state index >= 15 is 0 Å². The summed E-state index contributed by atoms with van der Waals surface area (Å²) in [4.78, 5) is 5.43. The summed E-state index contributed by atoms with van der Waals surface area (Å²) in [6.45, 7) is 3.17. The van der Waals surface area contributed by atoms with Crippen LogP contribution in [0.1, 0.15) is 38.4 Å².